The molecule has 0 heterocycles. The highest BCUT2D eigenvalue weighted by Gasteiger charge is 2.35. The molecule has 0 atom stereocenters. The van der Waals surface area contributed by atoms with Gasteiger partial charge in [-0.2, -0.15) is 13.2 Å². The maximum absolute atomic E-state index is 14.1. The van der Waals surface area contributed by atoms with Crippen molar-refractivity contribution in [3.63, 3.8) is 0 Å². The fourth-order valence-electron chi connectivity index (χ4n) is 2.88. The minimum Gasteiger partial charge on any atom is -0.362 e. The molecule has 0 N–H and O–H groups in total. The first-order chi connectivity index (χ1) is 12.1. The zero-order valence-electron chi connectivity index (χ0n) is 14.5. The largest absolute Gasteiger partial charge is 0.416 e. The summed E-state index contributed by atoms with van der Waals surface area (Å²) in [5, 5.41) is 11.4. The van der Waals surface area contributed by atoms with Crippen LogP contribution in [0.25, 0.3) is 0 Å². The molecule has 2 aromatic carbocycles. The molecular formula is C18H18F4N2O2. The lowest BCUT2D eigenvalue weighted by Crippen LogP contribution is -2.25. The van der Waals surface area contributed by atoms with E-state index in [1.165, 1.54) is 17.9 Å². The van der Waals surface area contributed by atoms with Gasteiger partial charge in [0, 0.05) is 24.7 Å². The molecule has 4 nitrogen and oxygen atoms in total. The van der Waals surface area contributed by atoms with Crippen molar-refractivity contribution in [2.45, 2.75) is 33.5 Å². The lowest BCUT2D eigenvalue weighted by Gasteiger charge is -2.26. The number of aryl methyl sites for hydroxylation is 2. The number of hydrogen-bond acceptors (Lipinski definition) is 3. The number of anilines is 1. The van der Waals surface area contributed by atoms with Crippen LogP contribution in [0.4, 0.5) is 28.9 Å². The van der Waals surface area contributed by atoms with Gasteiger partial charge in [0.1, 0.15) is 11.5 Å². The lowest BCUT2D eigenvalue weighted by molar-refractivity contribution is -0.384. The van der Waals surface area contributed by atoms with E-state index in [0.29, 0.717) is 17.2 Å². The molecule has 0 aliphatic carbocycles. The van der Waals surface area contributed by atoms with Crippen LogP contribution in [0.5, 0.6) is 0 Å². The van der Waals surface area contributed by atoms with E-state index in [0.717, 1.165) is 6.07 Å². The first-order valence-electron chi connectivity index (χ1n) is 7.91. The van der Waals surface area contributed by atoms with Crippen LogP contribution in [-0.4, -0.2) is 11.5 Å². The predicted octanol–water partition coefficient (Wildman–Crippen LogP) is 5.40. The second-order valence-corrected chi connectivity index (χ2v) is 5.97. The highest BCUT2D eigenvalue weighted by atomic mass is 19.4. The summed E-state index contributed by atoms with van der Waals surface area (Å²) in [4.78, 5) is 12.1. The van der Waals surface area contributed by atoms with Gasteiger partial charge in [-0.1, -0.05) is 12.1 Å². The van der Waals surface area contributed by atoms with E-state index < -0.39 is 28.2 Å². The van der Waals surface area contributed by atoms with Crippen molar-refractivity contribution in [2.75, 3.05) is 11.4 Å². The number of rotatable bonds is 5. The van der Waals surface area contributed by atoms with Crippen molar-refractivity contribution in [2.24, 2.45) is 0 Å². The van der Waals surface area contributed by atoms with Gasteiger partial charge < -0.3 is 4.90 Å². The van der Waals surface area contributed by atoms with Crippen LogP contribution < -0.4 is 4.90 Å². The summed E-state index contributed by atoms with van der Waals surface area (Å²) < 4.78 is 53.1. The summed E-state index contributed by atoms with van der Waals surface area (Å²) >= 11 is 0. The molecule has 0 fully saturated rings. The van der Waals surface area contributed by atoms with E-state index in [2.05, 4.69) is 0 Å². The second-order valence-electron chi connectivity index (χ2n) is 5.97. The van der Waals surface area contributed by atoms with E-state index in [9.17, 15) is 27.7 Å². The lowest BCUT2D eigenvalue weighted by atomic mass is 10.0. The highest BCUT2D eigenvalue weighted by Crippen LogP contribution is 2.39. The SMILES string of the molecule is CCN(Cc1c(C)cccc1F)c1c(C)cc(C(F)(F)F)cc1[N+](=O)[O-]. The van der Waals surface area contributed by atoms with E-state index in [1.807, 2.05) is 0 Å². The Morgan fingerprint density at radius 2 is 1.81 bits per heavy atom. The summed E-state index contributed by atoms with van der Waals surface area (Å²) in [6.07, 6.45) is -4.69. The molecular weight excluding hydrogens is 352 g/mol. The van der Waals surface area contributed by atoms with Gasteiger partial charge in [0.2, 0.25) is 0 Å². The number of halogens is 4. The molecule has 0 bridgehead atoms. The van der Waals surface area contributed by atoms with E-state index in [1.54, 1.807) is 26.0 Å². The van der Waals surface area contributed by atoms with Crippen molar-refractivity contribution in [1.29, 1.82) is 0 Å². The molecule has 2 rings (SSSR count). The van der Waals surface area contributed by atoms with E-state index >= 15 is 0 Å². The molecule has 0 unspecified atom stereocenters. The van der Waals surface area contributed by atoms with Crippen molar-refractivity contribution >= 4 is 11.4 Å². The topological polar surface area (TPSA) is 46.4 Å². The van der Waals surface area contributed by atoms with Gasteiger partial charge in [0.25, 0.3) is 5.69 Å². The second kappa shape index (κ2) is 7.31. The molecule has 2 aromatic rings. The number of nitrogens with zero attached hydrogens (tertiary/aromatic N) is 2. The summed E-state index contributed by atoms with van der Waals surface area (Å²) in [6.45, 7) is 5.08. The van der Waals surface area contributed by atoms with Crippen LogP contribution in [0.3, 0.4) is 0 Å². The number of alkyl halides is 3. The third-order valence-electron chi connectivity index (χ3n) is 4.20. The zero-order chi connectivity index (χ0) is 19.6. The van der Waals surface area contributed by atoms with Crippen molar-refractivity contribution in [3.05, 3.63) is 68.5 Å². The molecule has 140 valence electrons. The smallest absolute Gasteiger partial charge is 0.362 e. The van der Waals surface area contributed by atoms with Gasteiger partial charge in [0.05, 0.1) is 10.5 Å². The Balaban J connectivity index is 2.58. The molecule has 0 aliphatic rings. The molecule has 0 aliphatic heterocycles. The van der Waals surface area contributed by atoms with Crippen LogP contribution in [0, 0.1) is 29.8 Å². The third-order valence-corrected chi connectivity index (χ3v) is 4.20. The fraction of sp³-hybridized carbons (Fsp3) is 0.333. The van der Waals surface area contributed by atoms with Crippen LogP contribution in [0.1, 0.15) is 29.2 Å². The Bertz CT molecular complexity index is 814. The maximum Gasteiger partial charge on any atom is 0.416 e. The average molecular weight is 370 g/mol. The number of nitro benzene ring substituents is 1. The van der Waals surface area contributed by atoms with Crippen molar-refractivity contribution in [3.8, 4) is 0 Å². The standard InChI is InChI=1S/C18H18F4N2O2/c1-4-23(10-14-11(2)6-5-7-15(14)19)17-12(3)8-13(18(20,21)22)9-16(17)24(25)26/h5-9H,4,10H2,1-3H3. The van der Waals surface area contributed by atoms with Gasteiger partial charge in [-0.3, -0.25) is 10.1 Å². The normalized spacial score (nSPS) is 11.5. The minimum atomic E-state index is -4.69. The number of nitro groups is 1. The quantitative estimate of drug-likeness (QED) is 0.402. The summed E-state index contributed by atoms with van der Waals surface area (Å²) in [7, 11) is 0. The zero-order valence-corrected chi connectivity index (χ0v) is 14.5. The Morgan fingerprint density at radius 3 is 2.31 bits per heavy atom. The van der Waals surface area contributed by atoms with Crippen LogP contribution >= 0.6 is 0 Å². The Labute approximate surface area is 148 Å². The Kier molecular flexibility index (Phi) is 5.53. The van der Waals surface area contributed by atoms with Gasteiger partial charge in [-0.25, -0.2) is 4.39 Å². The van der Waals surface area contributed by atoms with Gasteiger partial charge in [-0.15, -0.1) is 0 Å². The third kappa shape index (κ3) is 3.95. The average Bonchev–Trinajstić information content (AvgIpc) is 2.53. The first-order valence-corrected chi connectivity index (χ1v) is 7.91. The summed E-state index contributed by atoms with van der Waals surface area (Å²) in [5.41, 5.74) is -0.536. The minimum absolute atomic E-state index is 0.0159. The molecule has 0 amide bonds. The Morgan fingerprint density at radius 1 is 1.15 bits per heavy atom. The molecule has 8 heteroatoms. The van der Waals surface area contributed by atoms with Gasteiger partial charge in [-0.05, 0) is 44.0 Å². The number of hydrogen-bond donors (Lipinski definition) is 0. The monoisotopic (exact) mass is 370 g/mol. The highest BCUT2D eigenvalue weighted by molar-refractivity contribution is 5.69. The maximum atomic E-state index is 14.1. The molecule has 26 heavy (non-hydrogen) atoms. The number of benzene rings is 2. The first kappa shape index (κ1) is 19.7. The molecule has 0 aromatic heterocycles. The predicted molar refractivity (Wildman–Crippen MR) is 90.7 cm³/mol. The molecule has 0 spiro atoms. The van der Waals surface area contributed by atoms with Crippen LogP contribution in [-0.2, 0) is 12.7 Å². The van der Waals surface area contributed by atoms with E-state index in [-0.39, 0.29) is 24.3 Å². The van der Waals surface area contributed by atoms with Gasteiger partial charge >= 0.3 is 6.18 Å². The summed E-state index contributed by atoms with van der Waals surface area (Å²) in [6, 6.07) is 5.94. The summed E-state index contributed by atoms with van der Waals surface area (Å²) in [5.74, 6) is -0.462. The van der Waals surface area contributed by atoms with Crippen LogP contribution in [0.15, 0.2) is 30.3 Å². The van der Waals surface area contributed by atoms with Crippen molar-refractivity contribution < 1.29 is 22.5 Å². The molecule has 0 saturated heterocycles. The van der Waals surface area contributed by atoms with Crippen molar-refractivity contribution in [1.82, 2.24) is 0 Å². The Hall–Kier alpha value is -2.64. The van der Waals surface area contributed by atoms with E-state index in [4.69, 9.17) is 0 Å². The fourth-order valence-corrected chi connectivity index (χ4v) is 2.88. The van der Waals surface area contributed by atoms with Gasteiger partial charge in [0.15, 0.2) is 0 Å². The molecule has 0 saturated carbocycles. The molecule has 0 radical (unpaired) electrons. The van der Waals surface area contributed by atoms with Crippen LogP contribution in [0.2, 0.25) is 0 Å².